The Morgan fingerprint density at radius 2 is 1.32 bits per heavy atom. The van der Waals surface area contributed by atoms with Gasteiger partial charge >= 0.3 is 6.03 Å². The first kappa shape index (κ1) is 18.9. The minimum absolute atomic E-state index is 0.0289. The van der Waals surface area contributed by atoms with Crippen LogP contribution in [-0.4, -0.2) is 11.0 Å². The highest BCUT2D eigenvalue weighted by molar-refractivity contribution is 5.99. The molecule has 0 aliphatic carbocycles. The molecule has 3 N–H and O–H groups in total. The van der Waals surface area contributed by atoms with Crippen molar-refractivity contribution in [1.29, 1.82) is 0 Å². The molecule has 0 heterocycles. The van der Waals surface area contributed by atoms with Gasteiger partial charge in [-0.3, -0.25) is 10.1 Å². The number of urea groups is 1. The van der Waals surface area contributed by atoms with Crippen LogP contribution < -0.4 is 16.0 Å². The van der Waals surface area contributed by atoms with Crippen LogP contribution >= 0.6 is 0 Å². The van der Waals surface area contributed by atoms with Gasteiger partial charge in [-0.2, -0.15) is 0 Å². The molecule has 0 aliphatic heterocycles. The van der Waals surface area contributed by atoms with Crippen molar-refractivity contribution in [2.24, 2.45) is 0 Å². The molecule has 1 atom stereocenters. The van der Waals surface area contributed by atoms with Crippen LogP contribution in [0.1, 0.15) is 18.5 Å². The molecule has 0 fully saturated rings. The van der Waals surface area contributed by atoms with Gasteiger partial charge in [0.25, 0.3) is 5.69 Å². The molecular formula is C21H20N4O3. The number of anilines is 3. The molecule has 0 unspecified atom stereocenters. The van der Waals surface area contributed by atoms with Gasteiger partial charge in [0.2, 0.25) is 0 Å². The van der Waals surface area contributed by atoms with Gasteiger partial charge < -0.3 is 16.0 Å². The van der Waals surface area contributed by atoms with Crippen molar-refractivity contribution >= 4 is 28.8 Å². The summed E-state index contributed by atoms with van der Waals surface area (Å²) in [6.45, 7) is 2.08. The third kappa shape index (κ3) is 5.07. The summed E-state index contributed by atoms with van der Waals surface area (Å²) in [5.74, 6) is 0. The summed E-state index contributed by atoms with van der Waals surface area (Å²) < 4.78 is 0. The summed E-state index contributed by atoms with van der Waals surface area (Å²) in [5.41, 5.74) is 3.21. The number of rotatable bonds is 6. The lowest BCUT2D eigenvalue weighted by molar-refractivity contribution is -0.384. The van der Waals surface area contributed by atoms with Crippen LogP contribution in [-0.2, 0) is 0 Å². The highest BCUT2D eigenvalue weighted by atomic mass is 16.6. The number of non-ortho nitro benzene ring substituents is 1. The molecule has 7 nitrogen and oxygen atoms in total. The summed E-state index contributed by atoms with van der Waals surface area (Å²) in [7, 11) is 0. The number of hydrogen-bond donors (Lipinski definition) is 3. The van der Waals surface area contributed by atoms with Crippen molar-refractivity contribution in [3.63, 3.8) is 0 Å². The average Bonchev–Trinajstić information content (AvgIpc) is 2.70. The Morgan fingerprint density at radius 3 is 1.86 bits per heavy atom. The Bertz CT molecular complexity index is 942. The molecule has 3 aromatic carbocycles. The minimum Gasteiger partial charge on any atom is -0.379 e. The van der Waals surface area contributed by atoms with Gasteiger partial charge in [-0.15, -0.1) is 0 Å². The second kappa shape index (κ2) is 8.68. The molecule has 7 heteroatoms. The van der Waals surface area contributed by atoms with Crippen LogP contribution in [0.5, 0.6) is 0 Å². The Hall–Kier alpha value is -3.87. The Labute approximate surface area is 162 Å². The SMILES string of the molecule is C[C@@H](Nc1ccc(NC(=O)Nc2ccc([N+](=O)[O-])cc2)cc1)c1ccccc1. The number of carbonyl (C=O) groups is 1. The highest BCUT2D eigenvalue weighted by Crippen LogP contribution is 2.21. The molecule has 2 amide bonds. The maximum absolute atomic E-state index is 12.1. The zero-order valence-corrected chi connectivity index (χ0v) is 15.3. The third-order valence-corrected chi connectivity index (χ3v) is 4.16. The largest absolute Gasteiger partial charge is 0.379 e. The zero-order valence-electron chi connectivity index (χ0n) is 15.3. The Balaban J connectivity index is 1.54. The minimum atomic E-state index is -0.488. The molecule has 0 saturated heterocycles. The molecule has 0 radical (unpaired) electrons. The van der Waals surface area contributed by atoms with Gasteiger partial charge in [0, 0.05) is 35.2 Å². The zero-order chi connectivity index (χ0) is 19.9. The van der Waals surface area contributed by atoms with Gasteiger partial charge in [-0.25, -0.2) is 4.79 Å². The van der Waals surface area contributed by atoms with E-state index in [4.69, 9.17) is 0 Å². The lowest BCUT2D eigenvalue weighted by Gasteiger charge is -2.16. The van der Waals surface area contributed by atoms with Crippen molar-refractivity contribution in [1.82, 2.24) is 0 Å². The molecular weight excluding hydrogens is 356 g/mol. The fourth-order valence-electron chi connectivity index (χ4n) is 2.68. The van der Waals surface area contributed by atoms with Crippen molar-refractivity contribution in [3.8, 4) is 0 Å². The van der Waals surface area contributed by atoms with Gasteiger partial charge in [-0.05, 0) is 48.9 Å². The fraction of sp³-hybridized carbons (Fsp3) is 0.0952. The predicted octanol–water partition coefficient (Wildman–Crippen LogP) is 5.41. The summed E-state index contributed by atoms with van der Waals surface area (Å²) in [5, 5.41) is 19.4. The number of nitro groups is 1. The van der Waals surface area contributed by atoms with Crippen LogP contribution in [0.2, 0.25) is 0 Å². The van der Waals surface area contributed by atoms with E-state index in [1.807, 2.05) is 30.3 Å². The number of nitrogens with one attached hydrogen (secondary N) is 3. The van der Waals surface area contributed by atoms with E-state index in [1.54, 1.807) is 12.1 Å². The number of nitrogens with zero attached hydrogens (tertiary/aromatic N) is 1. The smallest absolute Gasteiger partial charge is 0.323 e. The molecule has 28 heavy (non-hydrogen) atoms. The van der Waals surface area contributed by atoms with Crippen molar-refractivity contribution in [3.05, 3.63) is 94.5 Å². The van der Waals surface area contributed by atoms with Crippen LogP contribution in [0.3, 0.4) is 0 Å². The second-order valence-electron chi connectivity index (χ2n) is 6.24. The fourth-order valence-corrected chi connectivity index (χ4v) is 2.68. The van der Waals surface area contributed by atoms with Gasteiger partial charge in [0.15, 0.2) is 0 Å². The maximum atomic E-state index is 12.1. The van der Waals surface area contributed by atoms with Crippen LogP contribution in [0.15, 0.2) is 78.9 Å². The van der Waals surface area contributed by atoms with Crippen LogP contribution in [0.4, 0.5) is 27.5 Å². The summed E-state index contributed by atoms with van der Waals surface area (Å²) in [6.07, 6.45) is 0. The standard InChI is InChI=1S/C21H20N4O3/c1-15(16-5-3-2-4-6-16)22-17-7-9-18(10-8-17)23-21(26)24-19-11-13-20(14-12-19)25(27)28/h2-15,22H,1H3,(H2,23,24,26)/t15-/m1/s1. The lowest BCUT2D eigenvalue weighted by atomic mass is 10.1. The average molecular weight is 376 g/mol. The van der Waals surface area contributed by atoms with Gasteiger partial charge in [0.05, 0.1) is 4.92 Å². The first-order valence-electron chi connectivity index (χ1n) is 8.75. The molecule has 3 aromatic rings. The lowest BCUT2D eigenvalue weighted by Crippen LogP contribution is -2.19. The molecule has 0 saturated carbocycles. The molecule has 142 valence electrons. The Kier molecular flexibility index (Phi) is 5.86. The van der Waals surface area contributed by atoms with E-state index in [-0.39, 0.29) is 11.7 Å². The van der Waals surface area contributed by atoms with E-state index in [1.165, 1.54) is 29.8 Å². The monoisotopic (exact) mass is 376 g/mol. The van der Waals surface area contributed by atoms with Gasteiger partial charge in [0.1, 0.15) is 0 Å². The molecule has 3 rings (SSSR count). The predicted molar refractivity (Wildman–Crippen MR) is 111 cm³/mol. The van der Waals surface area contributed by atoms with Crippen LogP contribution in [0.25, 0.3) is 0 Å². The van der Waals surface area contributed by atoms with Crippen molar-refractivity contribution in [2.45, 2.75) is 13.0 Å². The first-order chi connectivity index (χ1) is 13.5. The highest BCUT2D eigenvalue weighted by Gasteiger charge is 2.08. The topological polar surface area (TPSA) is 96.3 Å². The first-order valence-corrected chi connectivity index (χ1v) is 8.75. The van der Waals surface area contributed by atoms with E-state index in [0.717, 1.165) is 5.69 Å². The maximum Gasteiger partial charge on any atom is 0.323 e. The number of carbonyl (C=O) groups excluding carboxylic acids is 1. The van der Waals surface area contributed by atoms with E-state index in [9.17, 15) is 14.9 Å². The van der Waals surface area contributed by atoms with E-state index < -0.39 is 11.0 Å². The normalized spacial score (nSPS) is 11.3. The van der Waals surface area contributed by atoms with Crippen LogP contribution in [0, 0.1) is 10.1 Å². The Morgan fingerprint density at radius 1 is 0.821 bits per heavy atom. The summed E-state index contributed by atoms with van der Waals surface area (Å²) in [4.78, 5) is 22.2. The number of hydrogen-bond acceptors (Lipinski definition) is 4. The van der Waals surface area contributed by atoms with Gasteiger partial charge in [-0.1, -0.05) is 30.3 Å². The number of benzene rings is 3. The summed E-state index contributed by atoms with van der Waals surface area (Å²) >= 11 is 0. The summed E-state index contributed by atoms with van der Waals surface area (Å²) in [6, 6.07) is 22.9. The second-order valence-corrected chi connectivity index (χ2v) is 6.24. The number of nitro benzene ring substituents is 1. The van der Waals surface area contributed by atoms with Crippen molar-refractivity contribution in [2.75, 3.05) is 16.0 Å². The quantitative estimate of drug-likeness (QED) is 0.396. The van der Waals surface area contributed by atoms with E-state index in [2.05, 4.69) is 35.0 Å². The third-order valence-electron chi connectivity index (χ3n) is 4.16. The molecule has 0 spiro atoms. The van der Waals surface area contributed by atoms with E-state index >= 15 is 0 Å². The molecule has 0 bridgehead atoms. The van der Waals surface area contributed by atoms with Crippen molar-refractivity contribution < 1.29 is 9.72 Å². The molecule has 0 aromatic heterocycles. The molecule has 0 aliphatic rings. The van der Waals surface area contributed by atoms with E-state index in [0.29, 0.717) is 11.4 Å². The number of amides is 2.